The molecule has 0 radical (unpaired) electrons. The minimum Gasteiger partial charge on any atom is -0.324 e. The first-order valence-electron chi connectivity index (χ1n) is 6.13. The molecule has 0 saturated heterocycles. The van der Waals surface area contributed by atoms with Crippen LogP contribution in [0.25, 0.3) is 0 Å². The van der Waals surface area contributed by atoms with E-state index in [1.165, 1.54) is 24.3 Å². The van der Waals surface area contributed by atoms with Crippen LogP contribution >= 0.6 is 11.6 Å². The number of sulfonamides is 1. The SMILES string of the molecule is CC(N)c1cccc(S(=O)(=O)Nc2ccc(F)c(Cl)c2)c1. The molecule has 0 heterocycles. The molecule has 2 aromatic carbocycles. The number of hydrogen-bond donors (Lipinski definition) is 2. The molecule has 0 aromatic heterocycles. The molecule has 0 aliphatic rings. The average Bonchev–Trinajstić information content (AvgIpc) is 2.43. The summed E-state index contributed by atoms with van der Waals surface area (Å²) in [4.78, 5) is 0.0812. The summed E-state index contributed by atoms with van der Waals surface area (Å²) in [5, 5.41) is -0.153. The molecule has 21 heavy (non-hydrogen) atoms. The van der Waals surface area contributed by atoms with Crippen molar-refractivity contribution in [3.63, 3.8) is 0 Å². The average molecular weight is 329 g/mol. The molecule has 2 aromatic rings. The van der Waals surface area contributed by atoms with Gasteiger partial charge in [-0.25, -0.2) is 12.8 Å². The molecule has 7 heteroatoms. The van der Waals surface area contributed by atoms with Gasteiger partial charge >= 0.3 is 0 Å². The maximum atomic E-state index is 13.1. The van der Waals surface area contributed by atoms with Gasteiger partial charge in [0, 0.05) is 6.04 Å². The van der Waals surface area contributed by atoms with E-state index in [0.29, 0.717) is 5.56 Å². The van der Waals surface area contributed by atoms with Crippen LogP contribution in [0.4, 0.5) is 10.1 Å². The predicted molar refractivity (Wildman–Crippen MR) is 81.3 cm³/mol. The second-order valence-corrected chi connectivity index (χ2v) is 6.69. The Kier molecular flexibility index (Phi) is 4.51. The molecule has 0 saturated carbocycles. The second kappa shape index (κ2) is 6.01. The first-order valence-corrected chi connectivity index (χ1v) is 7.99. The van der Waals surface area contributed by atoms with Crippen LogP contribution in [0.15, 0.2) is 47.4 Å². The van der Waals surface area contributed by atoms with Crippen molar-refractivity contribution in [3.05, 3.63) is 58.9 Å². The Balaban J connectivity index is 2.33. The number of nitrogens with one attached hydrogen (secondary N) is 1. The standard InChI is InChI=1S/C14H14ClFN2O2S/c1-9(17)10-3-2-4-12(7-10)21(19,20)18-11-5-6-14(16)13(15)8-11/h2-9,18H,17H2,1H3. The third-order valence-corrected chi connectivity index (χ3v) is 4.53. The van der Waals surface area contributed by atoms with Crippen LogP contribution in [-0.2, 0) is 10.0 Å². The quantitative estimate of drug-likeness (QED) is 0.904. The fourth-order valence-electron chi connectivity index (χ4n) is 1.74. The van der Waals surface area contributed by atoms with Gasteiger partial charge in [-0.1, -0.05) is 23.7 Å². The van der Waals surface area contributed by atoms with Crippen molar-refractivity contribution in [1.82, 2.24) is 0 Å². The Morgan fingerprint density at radius 3 is 2.57 bits per heavy atom. The summed E-state index contributed by atoms with van der Waals surface area (Å²) in [7, 11) is -3.79. The summed E-state index contributed by atoms with van der Waals surface area (Å²) in [6.45, 7) is 1.76. The third kappa shape index (κ3) is 3.72. The number of benzene rings is 2. The van der Waals surface area contributed by atoms with Crippen LogP contribution in [-0.4, -0.2) is 8.42 Å². The van der Waals surface area contributed by atoms with E-state index in [9.17, 15) is 12.8 Å². The molecule has 3 N–H and O–H groups in total. The lowest BCUT2D eigenvalue weighted by Crippen LogP contribution is -2.14. The van der Waals surface area contributed by atoms with Crippen LogP contribution in [0.3, 0.4) is 0 Å². The zero-order chi connectivity index (χ0) is 15.6. The Morgan fingerprint density at radius 2 is 1.95 bits per heavy atom. The summed E-state index contributed by atoms with van der Waals surface area (Å²) < 4.78 is 40.0. The van der Waals surface area contributed by atoms with Crippen molar-refractivity contribution in [1.29, 1.82) is 0 Å². The third-order valence-electron chi connectivity index (χ3n) is 2.87. The van der Waals surface area contributed by atoms with E-state index in [1.807, 2.05) is 0 Å². The van der Waals surface area contributed by atoms with E-state index in [1.54, 1.807) is 19.1 Å². The molecule has 0 aliphatic carbocycles. The van der Waals surface area contributed by atoms with Gasteiger partial charge in [-0.05, 0) is 42.8 Å². The molecular weight excluding hydrogens is 315 g/mol. The summed E-state index contributed by atoms with van der Waals surface area (Å²) in [5.74, 6) is -0.612. The van der Waals surface area contributed by atoms with Crippen LogP contribution in [0, 0.1) is 5.82 Å². The van der Waals surface area contributed by atoms with Gasteiger partial charge in [0.15, 0.2) is 0 Å². The van der Waals surface area contributed by atoms with Crippen LogP contribution < -0.4 is 10.5 Å². The predicted octanol–water partition coefficient (Wildman–Crippen LogP) is 3.30. The summed E-state index contributed by atoms with van der Waals surface area (Å²) in [6, 6.07) is 9.65. The zero-order valence-electron chi connectivity index (χ0n) is 11.2. The van der Waals surface area contributed by atoms with Crippen molar-refractivity contribution in [2.75, 3.05) is 4.72 Å². The van der Waals surface area contributed by atoms with Gasteiger partial charge in [-0.15, -0.1) is 0 Å². The van der Waals surface area contributed by atoms with Crippen molar-refractivity contribution < 1.29 is 12.8 Å². The summed E-state index contributed by atoms with van der Waals surface area (Å²) in [6.07, 6.45) is 0. The molecule has 112 valence electrons. The van der Waals surface area contributed by atoms with Gasteiger partial charge in [0.05, 0.1) is 15.6 Å². The Hall–Kier alpha value is -1.63. The molecule has 0 bridgehead atoms. The zero-order valence-corrected chi connectivity index (χ0v) is 12.7. The molecule has 0 amide bonds. The maximum Gasteiger partial charge on any atom is 0.261 e. The van der Waals surface area contributed by atoms with Crippen LogP contribution in [0.5, 0.6) is 0 Å². The highest BCUT2D eigenvalue weighted by Crippen LogP contribution is 2.23. The lowest BCUT2D eigenvalue weighted by Gasteiger charge is -2.11. The molecule has 1 unspecified atom stereocenters. The Morgan fingerprint density at radius 1 is 1.24 bits per heavy atom. The van der Waals surface area contributed by atoms with Gasteiger partial charge in [0.2, 0.25) is 0 Å². The Bertz CT molecular complexity index is 763. The molecule has 0 spiro atoms. The largest absolute Gasteiger partial charge is 0.324 e. The van der Waals surface area contributed by atoms with Gasteiger partial charge < -0.3 is 5.73 Å². The van der Waals surface area contributed by atoms with Gasteiger partial charge in [-0.3, -0.25) is 4.72 Å². The van der Waals surface area contributed by atoms with Crippen molar-refractivity contribution in [2.24, 2.45) is 5.73 Å². The lowest BCUT2D eigenvalue weighted by molar-refractivity contribution is 0.600. The highest BCUT2D eigenvalue weighted by atomic mass is 35.5. The lowest BCUT2D eigenvalue weighted by atomic mass is 10.1. The first kappa shape index (κ1) is 15.8. The van der Waals surface area contributed by atoms with Gasteiger partial charge in [-0.2, -0.15) is 0 Å². The van der Waals surface area contributed by atoms with Crippen molar-refractivity contribution in [3.8, 4) is 0 Å². The fourth-order valence-corrected chi connectivity index (χ4v) is 3.02. The first-order chi connectivity index (χ1) is 9.79. The highest BCUT2D eigenvalue weighted by molar-refractivity contribution is 7.92. The molecule has 0 fully saturated rings. The van der Waals surface area contributed by atoms with Gasteiger partial charge in [0.1, 0.15) is 5.82 Å². The minimum absolute atomic E-state index is 0.0812. The summed E-state index contributed by atoms with van der Waals surface area (Å²) >= 11 is 5.63. The second-order valence-electron chi connectivity index (χ2n) is 4.60. The van der Waals surface area contributed by atoms with E-state index in [2.05, 4.69) is 4.72 Å². The maximum absolute atomic E-state index is 13.1. The van der Waals surface area contributed by atoms with E-state index in [0.717, 1.165) is 6.07 Å². The topological polar surface area (TPSA) is 72.2 Å². The number of halogens is 2. The molecular formula is C14H14ClFN2O2S. The van der Waals surface area contributed by atoms with Gasteiger partial charge in [0.25, 0.3) is 10.0 Å². The highest BCUT2D eigenvalue weighted by Gasteiger charge is 2.16. The monoisotopic (exact) mass is 328 g/mol. The van der Waals surface area contributed by atoms with E-state index in [4.69, 9.17) is 17.3 Å². The van der Waals surface area contributed by atoms with E-state index >= 15 is 0 Å². The van der Waals surface area contributed by atoms with Crippen LogP contribution in [0.1, 0.15) is 18.5 Å². The minimum atomic E-state index is -3.79. The molecule has 0 aliphatic heterocycles. The normalized spacial score (nSPS) is 13.0. The summed E-state index contributed by atoms with van der Waals surface area (Å²) in [5.41, 5.74) is 6.63. The molecule has 1 atom stereocenters. The Labute approximate surface area is 127 Å². The van der Waals surface area contributed by atoms with E-state index < -0.39 is 15.8 Å². The molecule has 2 rings (SSSR count). The van der Waals surface area contributed by atoms with Crippen LogP contribution in [0.2, 0.25) is 5.02 Å². The van der Waals surface area contributed by atoms with Crippen molar-refractivity contribution in [2.45, 2.75) is 17.9 Å². The fraction of sp³-hybridized carbons (Fsp3) is 0.143. The number of nitrogens with two attached hydrogens (primary N) is 1. The van der Waals surface area contributed by atoms with E-state index in [-0.39, 0.29) is 21.6 Å². The number of anilines is 1. The number of rotatable bonds is 4. The van der Waals surface area contributed by atoms with Crippen molar-refractivity contribution >= 4 is 27.3 Å². The smallest absolute Gasteiger partial charge is 0.261 e. The molecule has 4 nitrogen and oxygen atoms in total. The number of hydrogen-bond acceptors (Lipinski definition) is 3.